The van der Waals surface area contributed by atoms with Crippen molar-refractivity contribution in [3.8, 4) is 11.5 Å². The number of hydrazine groups is 1. The summed E-state index contributed by atoms with van der Waals surface area (Å²) in [5, 5.41) is 0. The summed E-state index contributed by atoms with van der Waals surface area (Å²) in [6.45, 7) is 6.77. The molecule has 2 unspecified atom stereocenters. The number of amides is 1. The second-order valence-corrected chi connectivity index (χ2v) is 8.42. The molecule has 2 atom stereocenters. The van der Waals surface area contributed by atoms with Crippen molar-refractivity contribution in [1.29, 1.82) is 0 Å². The molecule has 1 fully saturated rings. The Hall–Kier alpha value is -3.62. The van der Waals surface area contributed by atoms with Crippen molar-refractivity contribution in [2.45, 2.75) is 31.3 Å². The molecule has 1 aliphatic rings. The van der Waals surface area contributed by atoms with Crippen LogP contribution in [0.1, 0.15) is 31.4 Å². The van der Waals surface area contributed by atoms with Crippen LogP contribution in [0.25, 0.3) is 0 Å². The maximum absolute atomic E-state index is 12.3. The Kier molecular flexibility index (Phi) is 8.45. The van der Waals surface area contributed by atoms with E-state index < -0.39 is 11.6 Å². The molecule has 0 spiro atoms. The Morgan fingerprint density at radius 2 is 1.91 bits per heavy atom. The van der Waals surface area contributed by atoms with Gasteiger partial charge >= 0.3 is 0 Å². The van der Waals surface area contributed by atoms with Gasteiger partial charge in [-0.2, -0.15) is 0 Å². The van der Waals surface area contributed by atoms with Crippen LogP contribution in [0.15, 0.2) is 84.0 Å². The number of nitrogens with two attached hydrogens (primary N) is 2. The van der Waals surface area contributed by atoms with E-state index in [4.69, 9.17) is 21.2 Å². The monoisotopic (exact) mass is 462 g/mol. The Bertz CT molecular complexity index is 1040. The van der Waals surface area contributed by atoms with Gasteiger partial charge in [0, 0.05) is 25.4 Å². The van der Waals surface area contributed by atoms with Crippen LogP contribution in [-0.4, -0.2) is 42.3 Å². The molecule has 34 heavy (non-hydrogen) atoms. The van der Waals surface area contributed by atoms with Crippen LogP contribution >= 0.6 is 0 Å². The van der Waals surface area contributed by atoms with Gasteiger partial charge in [-0.25, -0.2) is 5.43 Å². The number of carbonyl (C=O) groups is 1. The predicted octanol–water partition coefficient (Wildman–Crippen LogP) is 3.01. The molecule has 8 nitrogen and oxygen atoms in total. The maximum Gasteiger partial charge on any atom is 0.246 e. The van der Waals surface area contributed by atoms with Gasteiger partial charge in [0.2, 0.25) is 5.91 Å². The van der Waals surface area contributed by atoms with Gasteiger partial charge in [-0.05, 0) is 55.7 Å². The van der Waals surface area contributed by atoms with Crippen LogP contribution in [0.4, 0.5) is 0 Å². The number of ether oxygens (including phenoxy) is 1. The van der Waals surface area contributed by atoms with Crippen LogP contribution < -0.4 is 27.1 Å². The van der Waals surface area contributed by atoms with Gasteiger partial charge < -0.3 is 26.5 Å². The minimum Gasteiger partial charge on any atom is -0.457 e. The number of likely N-dealkylation sites (tertiary alicyclic amines) is 1. The molecule has 2 aromatic carbocycles. The van der Waals surface area contributed by atoms with Crippen molar-refractivity contribution in [3.05, 3.63) is 84.6 Å². The first-order valence-electron chi connectivity index (χ1n) is 11.3. The molecule has 0 saturated carbocycles. The van der Waals surface area contributed by atoms with E-state index in [1.807, 2.05) is 66.4 Å². The topological polar surface area (TPSA) is 118 Å². The minimum absolute atomic E-state index is 0.0811. The standard InChI is InChI=1S/C26H34N6O2/c1-4-23(33)32-16-8-15-26(32,2)18-30-25(31-29-3)22(17-27)24(28)19-11-13-21(14-12-19)34-20-9-6-5-7-10-20/h4-7,9-14,17,24,29H,1,8,15-16,18,27-28H2,2-3H3,(H,30,31)/b22-17-. The lowest BCUT2D eigenvalue weighted by atomic mass is 9.97. The molecule has 1 amide bonds. The van der Waals surface area contributed by atoms with Gasteiger partial charge in [0.1, 0.15) is 17.3 Å². The van der Waals surface area contributed by atoms with Crippen molar-refractivity contribution in [2.75, 3.05) is 20.1 Å². The molecule has 0 aromatic heterocycles. The lowest BCUT2D eigenvalue weighted by Gasteiger charge is -2.33. The number of para-hydroxylation sites is 1. The molecule has 0 bridgehead atoms. The van der Waals surface area contributed by atoms with E-state index in [0.29, 0.717) is 30.2 Å². The number of hydrogen-bond acceptors (Lipinski definition) is 6. The zero-order chi connectivity index (χ0) is 24.6. The molecule has 6 N–H and O–H groups in total. The molecular weight excluding hydrogens is 428 g/mol. The number of rotatable bonds is 9. The van der Waals surface area contributed by atoms with Gasteiger partial charge in [0.05, 0.1) is 18.1 Å². The molecule has 0 aliphatic carbocycles. The number of nitrogens with zero attached hydrogens (tertiary/aromatic N) is 2. The fourth-order valence-corrected chi connectivity index (χ4v) is 4.12. The molecule has 1 heterocycles. The summed E-state index contributed by atoms with van der Waals surface area (Å²) in [6.07, 6.45) is 4.61. The summed E-state index contributed by atoms with van der Waals surface area (Å²) in [6, 6.07) is 16.6. The SMILES string of the molecule is C=CC(=O)N1CCCC1(C)CN=C(NNC)/C(=C\N)C(N)c1ccc(Oc2ccccc2)cc1. The average molecular weight is 463 g/mol. The van der Waals surface area contributed by atoms with E-state index in [0.717, 1.165) is 24.2 Å². The highest BCUT2D eigenvalue weighted by Gasteiger charge is 2.38. The number of benzene rings is 2. The fourth-order valence-electron chi connectivity index (χ4n) is 4.12. The van der Waals surface area contributed by atoms with Crippen LogP contribution in [0.3, 0.4) is 0 Å². The van der Waals surface area contributed by atoms with Crippen molar-refractivity contribution in [1.82, 2.24) is 15.8 Å². The second kappa shape index (κ2) is 11.5. The van der Waals surface area contributed by atoms with Crippen LogP contribution in [0.2, 0.25) is 0 Å². The molecule has 1 aliphatic heterocycles. The average Bonchev–Trinajstić information content (AvgIpc) is 3.25. The first-order valence-corrected chi connectivity index (χ1v) is 11.3. The Balaban J connectivity index is 1.77. The maximum atomic E-state index is 12.3. The summed E-state index contributed by atoms with van der Waals surface area (Å²) >= 11 is 0. The van der Waals surface area contributed by atoms with E-state index in [1.165, 1.54) is 12.3 Å². The number of carbonyl (C=O) groups excluding carboxylic acids is 1. The molecular formula is C26H34N6O2. The van der Waals surface area contributed by atoms with E-state index in [-0.39, 0.29) is 5.91 Å². The lowest BCUT2D eigenvalue weighted by Crippen LogP contribution is -2.47. The lowest BCUT2D eigenvalue weighted by molar-refractivity contribution is -0.129. The summed E-state index contributed by atoms with van der Waals surface area (Å²) in [7, 11) is 1.75. The van der Waals surface area contributed by atoms with Gasteiger partial charge in [0.25, 0.3) is 0 Å². The number of hydrogen-bond donors (Lipinski definition) is 4. The van der Waals surface area contributed by atoms with Crippen LogP contribution in [-0.2, 0) is 4.79 Å². The first kappa shape index (κ1) is 25.0. The number of aliphatic imine (C=N–C) groups is 1. The highest BCUT2D eigenvalue weighted by atomic mass is 16.5. The third-order valence-electron chi connectivity index (χ3n) is 6.02. The molecule has 0 radical (unpaired) electrons. The molecule has 180 valence electrons. The smallest absolute Gasteiger partial charge is 0.246 e. The zero-order valence-corrected chi connectivity index (χ0v) is 19.8. The largest absolute Gasteiger partial charge is 0.457 e. The molecule has 2 aromatic rings. The highest BCUT2D eigenvalue weighted by molar-refractivity contribution is 5.99. The fraction of sp³-hybridized carbons (Fsp3) is 0.308. The highest BCUT2D eigenvalue weighted by Crippen LogP contribution is 2.30. The second-order valence-electron chi connectivity index (χ2n) is 8.42. The summed E-state index contributed by atoms with van der Waals surface area (Å²) in [4.78, 5) is 18.9. The molecule has 3 rings (SSSR count). The van der Waals surface area contributed by atoms with Crippen molar-refractivity contribution in [3.63, 3.8) is 0 Å². The number of amidine groups is 1. The minimum atomic E-state index is -0.516. The third-order valence-corrected chi connectivity index (χ3v) is 6.02. The predicted molar refractivity (Wildman–Crippen MR) is 136 cm³/mol. The van der Waals surface area contributed by atoms with Gasteiger partial charge in [-0.3, -0.25) is 9.79 Å². The van der Waals surface area contributed by atoms with E-state index in [9.17, 15) is 4.79 Å². The Morgan fingerprint density at radius 3 is 2.53 bits per heavy atom. The van der Waals surface area contributed by atoms with Crippen molar-refractivity contribution < 1.29 is 9.53 Å². The van der Waals surface area contributed by atoms with E-state index >= 15 is 0 Å². The van der Waals surface area contributed by atoms with E-state index in [1.54, 1.807) is 7.05 Å². The van der Waals surface area contributed by atoms with Gasteiger partial charge in [-0.15, -0.1) is 0 Å². The zero-order valence-electron chi connectivity index (χ0n) is 19.8. The third kappa shape index (κ3) is 5.84. The van der Waals surface area contributed by atoms with Gasteiger partial charge in [0.15, 0.2) is 0 Å². The number of nitrogens with one attached hydrogen (secondary N) is 2. The molecule has 1 saturated heterocycles. The Morgan fingerprint density at radius 1 is 1.24 bits per heavy atom. The first-order chi connectivity index (χ1) is 16.4. The van der Waals surface area contributed by atoms with Gasteiger partial charge in [-0.1, -0.05) is 36.9 Å². The summed E-state index contributed by atoms with van der Waals surface area (Å²) in [5.41, 5.74) is 19.6. The van der Waals surface area contributed by atoms with Crippen molar-refractivity contribution >= 4 is 11.7 Å². The quantitative estimate of drug-likeness (QED) is 0.197. The normalized spacial score (nSPS) is 19.6. The van der Waals surface area contributed by atoms with Crippen LogP contribution in [0, 0.1) is 0 Å². The molecule has 8 heteroatoms. The Labute approximate surface area is 201 Å². The van der Waals surface area contributed by atoms with Crippen LogP contribution in [0.5, 0.6) is 11.5 Å². The summed E-state index contributed by atoms with van der Waals surface area (Å²) in [5.74, 6) is 1.92. The van der Waals surface area contributed by atoms with Crippen molar-refractivity contribution in [2.24, 2.45) is 16.5 Å². The summed E-state index contributed by atoms with van der Waals surface area (Å²) < 4.78 is 5.87. The van der Waals surface area contributed by atoms with E-state index in [2.05, 4.69) is 17.4 Å².